The fraction of sp³-hybridized carbons (Fsp3) is 0.455. The monoisotopic (exact) mass is 1270 g/mol. The van der Waals surface area contributed by atoms with E-state index >= 15 is 0 Å². The van der Waals surface area contributed by atoms with Gasteiger partial charge in [0.05, 0.1) is 75.3 Å². The van der Waals surface area contributed by atoms with Crippen LogP contribution in [0.2, 0.25) is 10.3 Å². The van der Waals surface area contributed by atoms with Crippen molar-refractivity contribution in [3.63, 3.8) is 0 Å². The number of carbonyl (C=O) groups is 4. The van der Waals surface area contributed by atoms with Gasteiger partial charge >= 0.3 is 22.8 Å². The molecule has 7 N–H and O–H groups in total. The van der Waals surface area contributed by atoms with E-state index in [0.29, 0.717) is 45.6 Å². The number of carboxylic acids is 1. The average Bonchev–Trinajstić information content (AvgIpc) is 3.69. The Balaban J connectivity index is 0.000000384. The summed E-state index contributed by atoms with van der Waals surface area (Å²) in [5, 5.41) is 18.0. The van der Waals surface area contributed by atoms with Crippen LogP contribution in [0.25, 0.3) is 0 Å². The summed E-state index contributed by atoms with van der Waals surface area (Å²) in [6.45, 7) is 7.57. The minimum atomic E-state index is -4.46. The minimum absolute atomic E-state index is 0.0605. The summed E-state index contributed by atoms with van der Waals surface area (Å²) in [6, 6.07) is 5.81. The third-order valence-electron chi connectivity index (χ3n) is 8.84. The smallest absolute Gasteiger partial charge is 0.335 e. The summed E-state index contributed by atoms with van der Waals surface area (Å²) in [7, 11) is -1.26. The predicted molar refractivity (Wildman–Crippen MR) is 305 cm³/mol. The van der Waals surface area contributed by atoms with Crippen molar-refractivity contribution in [2.45, 2.75) is 62.7 Å². The SMILES string of the molecule is CCNc1nc(Cl)nc(NC(C)C)n1.COC(=O)CSc1cc(N=c2sc(=O)n3n2CCCC3)c(F)cc1Cl.COc1cc(OC)nc(NC(=O)NS(=O)(=O)c2ncccc2C(=O)N(C)C)n1.C[S+](C)C.O=C(O)CNCP(=O)([O-])O. The molecule has 1 aliphatic heterocycles. The summed E-state index contributed by atoms with van der Waals surface area (Å²) in [6.07, 6.45) is 8.96. The van der Waals surface area contributed by atoms with Crippen molar-refractivity contribution in [2.75, 3.05) is 95.3 Å². The van der Waals surface area contributed by atoms with Gasteiger partial charge < -0.3 is 49.2 Å². The molecule has 0 spiro atoms. The van der Waals surface area contributed by atoms with Crippen LogP contribution in [0.1, 0.15) is 44.0 Å². The standard InChI is InChI=1S/C15H15ClFN3O3S2.C15H18N6O6S.C8H14ClN5.C3H8NO5P.C3H9S/c1-23-13(21)8-24-12-7-11(10(17)6-9(12)16)18-14-19-4-2-3-5-20(19)15(22)25-14;1-21(2)13(22)9-6-5-7-16-12(9)28(24,25)20-15(23)19-14-17-10(26-3)8-11(18-14)27-4;1-4-10-7-12-6(9)13-8(14-7)11-5(2)3;5-3(6)1-4-2-10(7,8)9;1-4(2)3/h6-7H,2-5,8H2,1H3;5-8H,1-4H3,(H2,17,18,19,20,23);5H,4H2,1-3H3,(H2,10,11,12,13,14);4H,1-2H2,(H,5,6)(H2,7,8,9);1-3H3/q;;;;+1/p-1. The Bertz CT molecular complexity index is 3180. The zero-order valence-electron chi connectivity index (χ0n) is 45.7. The van der Waals surface area contributed by atoms with Gasteiger partial charge in [-0.05, 0) is 91.7 Å². The van der Waals surface area contributed by atoms with Crippen LogP contribution in [0, 0.1) is 5.82 Å². The molecule has 0 aliphatic carbocycles. The van der Waals surface area contributed by atoms with Crippen molar-refractivity contribution in [1.29, 1.82) is 0 Å². The number of hydrogen-bond donors (Lipinski definition) is 7. The Kier molecular flexibility index (Phi) is 30.6. The van der Waals surface area contributed by atoms with Crippen molar-refractivity contribution in [3.05, 3.63) is 72.7 Å². The van der Waals surface area contributed by atoms with E-state index in [1.165, 1.54) is 70.8 Å². The first-order valence-corrected chi connectivity index (χ1v) is 31.6. The first-order chi connectivity index (χ1) is 37.9. The number of urea groups is 1. The third-order valence-corrected chi connectivity index (χ3v) is 13.2. The molecule has 0 bridgehead atoms. The number of anilines is 3. The number of nitrogens with one attached hydrogen (secondary N) is 5. The highest BCUT2D eigenvalue weighted by atomic mass is 35.5. The lowest BCUT2D eigenvalue weighted by Gasteiger charge is -2.15. The van der Waals surface area contributed by atoms with Crippen molar-refractivity contribution in [1.82, 2.24) is 54.2 Å². The third kappa shape index (κ3) is 26.5. The van der Waals surface area contributed by atoms with E-state index in [1.807, 2.05) is 26.1 Å². The number of hydrogen-bond acceptors (Lipinski definition) is 24. The van der Waals surface area contributed by atoms with Crippen molar-refractivity contribution in [2.24, 2.45) is 4.99 Å². The second-order valence-corrected chi connectivity index (χ2v) is 24.9. The lowest BCUT2D eigenvalue weighted by molar-refractivity contribution is -0.193. The highest BCUT2D eigenvalue weighted by Gasteiger charge is 2.27. The molecule has 0 saturated carbocycles. The summed E-state index contributed by atoms with van der Waals surface area (Å²) in [5.74, 6) is -1.76. The van der Waals surface area contributed by atoms with Crippen LogP contribution in [-0.2, 0) is 52.9 Å². The number of ether oxygens (including phenoxy) is 3. The number of carbonyl (C=O) groups excluding carboxylic acids is 3. The van der Waals surface area contributed by atoms with Crippen LogP contribution >= 0.6 is 53.9 Å². The number of nitrogens with zero attached hydrogens (tertiary/aromatic N) is 10. The largest absolute Gasteiger partial charge is 0.778 e. The lowest BCUT2D eigenvalue weighted by atomic mass is 10.2. The van der Waals surface area contributed by atoms with E-state index in [-0.39, 0.29) is 55.9 Å². The molecule has 0 saturated heterocycles. The van der Waals surface area contributed by atoms with E-state index in [1.54, 1.807) is 14.1 Å². The van der Waals surface area contributed by atoms with Gasteiger partial charge in [0.1, 0.15) is 19.1 Å². The van der Waals surface area contributed by atoms with E-state index in [9.17, 15) is 46.2 Å². The highest BCUT2D eigenvalue weighted by Crippen LogP contribution is 2.33. The van der Waals surface area contributed by atoms with E-state index in [2.05, 4.69) is 74.4 Å². The number of fused-ring (bicyclic) bond motifs is 1. The van der Waals surface area contributed by atoms with Crippen molar-refractivity contribution in [3.8, 4) is 11.8 Å². The van der Waals surface area contributed by atoms with E-state index in [4.69, 9.17) is 42.7 Å². The Morgan fingerprint density at radius 1 is 0.988 bits per heavy atom. The maximum absolute atomic E-state index is 14.3. The van der Waals surface area contributed by atoms with Gasteiger partial charge in [-0.1, -0.05) is 11.6 Å². The van der Waals surface area contributed by atoms with Gasteiger partial charge in [-0.25, -0.2) is 28.6 Å². The maximum Gasteiger partial charge on any atom is 0.335 e. The molecule has 4 aromatic heterocycles. The van der Waals surface area contributed by atoms with Crippen molar-refractivity contribution < 1.29 is 65.7 Å². The van der Waals surface area contributed by atoms with Gasteiger partial charge in [0.15, 0.2) is 5.03 Å². The number of benzene rings is 1. The normalized spacial score (nSPS) is 12.4. The molecule has 0 radical (unpaired) electrons. The van der Waals surface area contributed by atoms with Crippen LogP contribution in [0.5, 0.6) is 11.8 Å². The molecule has 81 heavy (non-hydrogen) atoms. The molecule has 1 unspecified atom stereocenters. The van der Waals surface area contributed by atoms with E-state index in [0.717, 1.165) is 48.6 Å². The number of amides is 3. The van der Waals surface area contributed by atoms with Crippen LogP contribution in [0.15, 0.2) is 56.2 Å². The molecule has 6 rings (SSSR count). The van der Waals surface area contributed by atoms with E-state index < -0.39 is 65.2 Å². The molecule has 1 aliphatic rings. The van der Waals surface area contributed by atoms with Crippen LogP contribution < -0.4 is 50.0 Å². The number of carboxylic acid groups (broad SMARTS) is 1. The van der Waals surface area contributed by atoms with Gasteiger partial charge in [-0.2, -0.15) is 33.3 Å². The number of thioether (sulfide) groups is 1. The fourth-order valence-corrected chi connectivity index (χ4v) is 9.20. The number of sulfonamides is 1. The van der Waals surface area contributed by atoms with Gasteiger partial charge in [0.25, 0.3) is 15.9 Å². The van der Waals surface area contributed by atoms with Crippen LogP contribution in [0.3, 0.4) is 0 Å². The molecule has 5 heterocycles. The number of halogens is 3. The number of aromatic nitrogens is 8. The maximum atomic E-state index is 14.3. The second-order valence-electron chi connectivity index (χ2n) is 16.6. The molecule has 37 heteroatoms. The topological polar surface area (TPSA) is 391 Å². The molecule has 448 valence electrons. The van der Waals surface area contributed by atoms with Crippen LogP contribution in [-0.4, -0.2) is 172 Å². The number of methoxy groups -OCH3 is 3. The molecular weight excluding hydrogens is 1210 g/mol. The Morgan fingerprint density at radius 3 is 2.14 bits per heavy atom. The first kappa shape index (κ1) is 70.9. The molecule has 3 amide bonds. The Hall–Kier alpha value is -6.23. The number of aliphatic carboxylic acids is 1. The average molecular weight is 1280 g/mol. The summed E-state index contributed by atoms with van der Waals surface area (Å²) in [4.78, 5) is 105. The quantitative estimate of drug-likeness (QED) is 0.0286. The molecular formula is C44H63Cl2FN15O14PS4. The lowest BCUT2D eigenvalue weighted by Crippen LogP contribution is -2.36. The van der Waals surface area contributed by atoms with Crippen LogP contribution in [0.4, 0.5) is 32.7 Å². The molecule has 5 aromatic rings. The zero-order chi connectivity index (χ0) is 61.2. The minimum Gasteiger partial charge on any atom is -0.778 e. The number of pyridine rings is 1. The van der Waals surface area contributed by atoms with Gasteiger partial charge in [0.2, 0.25) is 39.7 Å². The van der Waals surface area contributed by atoms with Gasteiger partial charge in [0, 0.05) is 50.9 Å². The molecule has 29 nitrogen and oxygen atoms in total. The predicted octanol–water partition coefficient (Wildman–Crippen LogP) is 3.33. The number of rotatable bonds is 18. The summed E-state index contributed by atoms with van der Waals surface area (Å²) in [5.41, 5.74) is -0.105. The Morgan fingerprint density at radius 2 is 1.59 bits per heavy atom. The fourth-order valence-electron chi connectivity index (χ4n) is 5.62. The number of esters is 1. The summed E-state index contributed by atoms with van der Waals surface area (Å²) < 4.78 is 68.9. The Labute approximate surface area is 486 Å². The van der Waals surface area contributed by atoms with Gasteiger partial charge in [-0.3, -0.25) is 34.5 Å². The second kappa shape index (κ2) is 34.9. The first-order valence-electron chi connectivity index (χ1n) is 23.3. The summed E-state index contributed by atoms with van der Waals surface area (Å²) >= 11 is 13.9. The molecule has 0 fully saturated rings. The molecule has 1 atom stereocenters. The van der Waals surface area contributed by atoms with Crippen molar-refractivity contribution >= 4 is 122 Å². The van der Waals surface area contributed by atoms with Gasteiger partial charge in [-0.15, -0.1) is 11.8 Å². The zero-order valence-corrected chi connectivity index (χ0v) is 51.4. The highest BCUT2D eigenvalue weighted by molar-refractivity contribution is 8.00. The molecule has 1 aromatic carbocycles.